The highest BCUT2D eigenvalue weighted by atomic mass is 16.5. The van der Waals surface area contributed by atoms with Crippen molar-refractivity contribution in [2.45, 2.75) is 26.9 Å². The van der Waals surface area contributed by atoms with Crippen LogP contribution < -0.4 is 15.4 Å². The van der Waals surface area contributed by atoms with Gasteiger partial charge in [-0.15, -0.1) is 0 Å². The van der Waals surface area contributed by atoms with Crippen LogP contribution in [0.5, 0.6) is 5.75 Å². The molecule has 162 valence electrons. The van der Waals surface area contributed by atoms with Gasteiger partial charge < -0.3 is 15.4 Å². The molecule has 0 saturated heterocycles. The Hall–Kier alpha value is -3.93. The summed E-state index contributed by atoms with van der Waals surface area (Å²) in [6.07, 6.45) is 1.85. The molecule has 4 aromatic rings. The Balaban J connectivity index is 1.68. The number of fused-ring (bicyclic) bond motifs is 1. The SMILES string of the molecule is CNc1ncc2cc(-c3cc(C)ccc3C(=O)Nc3cccc(OC(C)C)c3)ccc2n1. The molecule has 0 bridgehead atoms. The normalized spacial score (nSPS) is 10.9. The Morgan fingerprint density at radius 1 is 1.03 bits per heavy atom. The fourth-order valence-corrected chi connectivity index (χ4v) is 3.53. The highest BCUT2D eigenvalue weighted by Gasteiger charge is 2.15. The predicted molar refractivity (Wildman–Crippen MR) is 129 cm³/mol. The van der Waals surface area contributed by atoms with Crippen LogP contribution in [0.2, 0.25) is 0 Å². The summed E-state index contributed by atoms with van der Waals surface area (Å²) in [5.74, 6) is 1.12. The number of carbonyl (C=O) groups is 1. The van der Waals surface area contributed by atoms with Gasteiger partial charge in [-0.2, -0.15) is 0 Å². The molecule has 6 heteroatoms. The molecular weight excluding hydrogens is 400 g/mol. The van der Waals surface area contributed by atoms with Crippen molar-refractivity contribution in [1.82, 2.24) is 9.97 Å². The summed E-state index contributed by atoms with van der Waals surface area (Å²) in [5.41, 5.74) is 4.99. The van der Waals surface area contributed by atoms with Gasteiger partial charge in [-0.25, -0.2) is 9.97 Å². The first-order chi connectivity index (χ1) is 15.4. The summed E-state index contributed by atoms with van der Waals surface area (Å²) in [6, 6.07) is 19.2. The van der Waals surface area contributed by atoms with Crippen LogP contribution in [0.15, 0.2) is 66.9 Å². The van der Waals surface area contributed by atoms with Gasteiger partial charge >= 0.3 is 0 Å². The Morgan fingerprint density at radius 2 is 1.88 bits per heavy atom. The van der Waals surface area contributed by atoms with E-state index in [-0.39, 0.29) is 12.0 Å². The van der Waals surface area contributed by atoms with E-state index >= 15 is 0 Å². The average molecular weight is 427 g/mol. The van der Waals surface area contributed by atoms with Gasteiger partial charge in [0.15, 0.2) is 0 Å². The predicted octanol–water partition coefficient (Wildman–Crippen LogP) is 5.69. The number of hydrogen-bond acceptors (Lipinski definition) is 5. The standard InChI is InChI=1S/C26H26N4O2/c1-16(2)32-21-7-5-6-20(14-21)29-25(31)22-10-8-17(3)12-23(22)18-9-11-24-19(13-18)15-28-26(27-4)30-24/h5-16H,1-4H3,(H,29,31)(H,27,28,30). The number of hydrogen-bond donors (Lipinski definition) is 2. The first kappa shape index (κ1) is 21.3. The molecule has 3 aromatic carbocycles. The minimum absolute atomic E-state index is 0.0609. The third kappa shape index (κ3) is 4.70. The Bertz CT molecular complexity index is 1280. The number of nitrogens with one attached hydrogen (secondary N) is 2. The molecule has 6 nitrogen and oxygen atoms in total. The zero-order valence-corrected chi connectivity index (χ0v) is 18.6. The van der Waals surface area contributed by atoms with Gasteiger partial charge in [-0.05, 0) is 62.2 Å². The van der Waals surface area contributed by atoms with Crippen molar-refractivity contribution in [2.24, 2.45) is 0 Å². The van der Waals surface area contributed by atoms with Crippen LogP contribution in [0.4, 0.5) is 11.6 Å². The molecule has 1 aromatic heterocycles. The van der Waals surface area contributed by atoms with Crippen LogP contribution in [-0.2, 0) is 0 Å². The quantitative estimate of drug-likeness (QED) is 0.414. The van der Waals surface area contributed by atoms with Crippen molar-refractivity contribution < 1.29 is 9.53 Å². The van der Waals surface area contributed by atoms with Crippen LogP contribution in [-0.4, -0.2) is 29.0 Å². The van der Waals surface area contributed by atoms with Crippen molar-refractivity contribution in [3.63, 3.8) is 0 Å². The smallest absolute Gasteiger partial charge is 0.256 e. The van der Waals surface area contributed by atoms with Gasteiger partial charge in [-0.3, -0.25) is 4.79 Å². The number of anilines is 2. The number of aromatic nitrogens is 2. The fourth-order valence-electron chi connectivity index (χ4n) is 3.53. The van der Waals surface area contributed by atoms with Gasteiger partial charge in [0.1, 0.15) is 5.75 Å². The van der Waals surface area contributed by atoms with Crippen LogP contribution in [0.1, 0.15) is 29.8 Å². The number of aryl methyl sites for hydroxylation is 1. The van der Waals surface area contributed by atoms with E-state index in [1.165, 1.54) is 0 Å². The van der Waals surface area contributed by atoms with Crippen LogP contribution >= 0.6 is 0 Å². The summed E-state index contributed by atoms with van der Waals surface area (Å²) in [7, 11) is 1.79. The first-order valence-corrected chi connectivity index (χ1v) is 10.6. The second-order valence-electron chi connectivity index (χ2n) is 7.91. The van der Waals surface area contributed by atoms with Crippen molar-refractivity contribution in [3.8, 4) is 16.9 Å². The maximum atomic E-state index is 13.2. The molecule has 1 heterocycles. The molecule has 0 atom stereocenters. The summed E-state index contributed by atoms with van der Waals surface area (Å²) in [5, 5.41) is 6.86. The van der Waals surface area contributed by atoms with E-state index in [0.717, 1.165) is 33.3 Å². The van der Waals surface area contributed by atoms with Gasteiger partial charge in [0.25, 0.3) is 5.91 Å². The molecule has 0 radical (unpaired) electrons. The van der Waals surface area contributed by atoms with E-state index in [9.17, 15) is 4.79 Å². The number of rotatable bonds is 6. The topological polar surface area (TPSA) is 76.1 Å². The van der Waals surface area contributed by atoms with Gasteiger partial charge in [0.2, 0.25) is 5.95 Å². The molecule has 2 N–H and O–H groups in total. The van der Waals surface area contributed by atoms with Crippen molar-refractivity contribution in [1.29, 1.82) is 0 Å². The van der Waals surface area contributed by atoms with E-state index in [1.807, 2.05) is 81.4 Å². The third-order valence-corrected chi connectivity index (χ3v) is 5.00. The molecule has 0 spiro atoms. The molecule has 0 unspecified atom stereocenters. The lowest BCUT2D eigenvalue weighted by atomic mass is 9.96. The van der Waals surface area contributed by atoms with Gasteiger partial charge in [0, 0.05) is 35.9 Å². The minimum atomic E-state index is -0.177. The lowest BCUT2D eigenvalue weighted by molar-refractivity contribution is 0.102. The van der Waals surface area contributed by atoms with Crippen molar-refractivity contribution >= 4 is 28.4 Å². The maximum Gasteiger partial charge on any atom is 0.256 e. The average Bonchev–Trinajstić information content (AvgIpc) is 2.78. The van der Waals surface area contributed by atoms with Crippen molar-refractivity contribution in [2.75, 3.05) is 17.7 Å². The van der Waals surface area contributed by atoms with E-state index < -0.39 is 0 Å². The number of amides is 1. The zero-order chi connectivity index (χ0) is 22.7. The first-order valence-electron chi connectivity index (χ1n) is 10.6. The summed E-state index contributed by atoms with van der Waals surface area (Å²) in [4.78, 5) is 22.0. The molecule has 0 aliphatic rings. The molecule has 1 amide bonds. The third-order valence-electron chi connectivity index (χ3n) is 5.00. The number of nitrogens with zero attached hydrogens (tertiary/aromatic N) is 2. The largest absolute Gasteiger partial charge is 0.491 e. The maximum absolute atomic E-state index is 13.2. The summed E-state index contributed by atoms with van der Waals surface area (Å²) >= 11 is 0. The molecule has 0 fully saturated rings. The van der Waals surface area contributed by atoms with E-state index in [1.54, 1.807) is 13.2 Å². The molecular formula is C26H26N4O2. The fraction of sp³-hybridized carbons (Fsp3) is 0.192. The molecule has 0 aliphatic carbocycles. The Morgan fingerprint density at radius 3 is 2.66 bits per heavy atom. The monoisotopic (exact) mass is 426 g/mol. The number of benzene rings is 3. The van der Waals surface area contributed by atoms with E-state index in [2.05, 4.69) is 20.6 Å². The van der Waals surface area contributed by atoms with Crippen LogP contribution in [0.25, 0.3) is 22.0 Å². The highest BCUT2D eigenvalue weighted by molar-refractivity contribution is 6.09. The van der Waals surface area contributed by atoms with Crippen LogP contribution in [0, 0.1) is 6.92 Å². The van der Waals surface area contributed by atoms with Gasteiger partial charge in [0.05, 0.1) is 11.6 Å². The lowest BCUT2D eigenvalue weighted by Gasteiger charge is -2.14. The molecule has 32 heavy (non-hydrogen) atoms. The summed E-state index contributed by atoms with van der Waals surface area (Å²) in [6.45, 7) is 5.96. The van der Waals surface area contributed by atoms with E-state index in [0.29, 0.717) is 17.2 Å². The zero-order valence-electron chi connectivity index (χ0n) is 18.6. The number of ether oxygens (including phenoxy) is 1. The minimum Gasteiger partial charge on any atom is -0.491 e. The molecule has 4 rings (SSSR count). The van der Waals surface area contributed by atoms with E-state index in [4.69, 9.17) is 4.74 Å². The van der Waals surface area contributed by atoms with Gasteiger partial charge in [-0.1, -0.05) is 29.8 Å². The second-order valence-corrected chi connectivity index (χ2v) is 7.91. The summed E-state index contributed by atoms with van der Waals surface area (Å²) < 4.78 is 5.74. The second kappa shape index (κ2) is 9.06. The Labute approximate surface area is 187 Å². The molecule has 0 saturated carbocycles. The number of carbonyl (C=O) groups excluding carboxylic acids is 1. The highest BCUT2D eigenvalue weighted by Crippen LogP contribution is 2.29. The van der Waals surface area contributed by atoms with Crippen LogP contribution in [0.3, 0.4) is 0 Å². The molecule has 0 aliphatic heterocycles. The lowest BCUT2D eigenvalue weighted by Crippen LogP contribution is -2.13. The van der Waals surface area contributed by atoms with Crippen molar-refractivity contribution in [3.05, 3.63) is 78.0 Å². The Kier molecular flexibility index (Phi) is 6.03.